The average molecular weight is 471 g/mol. The van der Waals surface area contributed by atoms with Crippen LogP contribution >= 0.6 is 23.1 Å². The molecule has 0 saturated carbocycles. The van der Waals surface area contributed by atoms with Crippen LogP contribution in [0, 0.1) is 5.92 Å². The fourth-order valence-corrected chi connectivity index (χ4v) is 6.02. The summed E-state index contributed by atoms with van der Waals surface area (Å²) in [5.74, 6) is 2.71. The van der Waals surface area contributed by atoms with Crippen molar-refractivity contribution in [1.29, 1.82) is 0 Å². The molecule has 0 bridgehead atoms. The Balaban J connectivity index is 1.44. The van der Waals surface area contributed by atoms with Crippen LogP contribution in [0.2, 0.25) is 0 Å². The molecule has 170 valence electrons. The van der Waals surface area contributed by atoms with Gasteiger partial charge in [-0.25, -0.2) is 0 Å². The molecular formula is C24H30N4O2S2. The first-order chi connectivity index (χ1) is 15.6. The molecule has 1 aliphatic carbocycles. The number of ether oxygens (including phenoxy) is 1. The molecule has 2 heterocycles. The lowest BCUT2D eigenvalue weighted by Crippen LogP contribution is -2.14. The average Bonchev–Trinajstić information content (AvgIpc) is 3.37. The third kappa shape index (κ3) is 5.18. The zero-order chi connectivity index (χ0) is 22.5. The first-order valence-corrected chi connectivity index (χ1v) is 13.1. The smallest absolute Gasteiger partial charge is 0.234 e. The van der Waals surface area contributed by atoms with Crippen molar-refractivity contribution in [2.45, 2.75) is 58.2 Å². The summed E-state index contributed by atoms with van der Waals surface area (Å²) in [6.45, 7) is 7.89. The van der Waals surface area contributed by atoms with Crippen LogP contribution in [-0.2, 0) is 24.2 Å². The van der Waals surface area contributed by atoms with E-state index in [0.717, 1.165) is 54.1 Å². The summed E-state index contributed by atoms with van der Waals surface area (Å²) in [7, 11) is 0. The van der Waals surface area contributed by atoms with E-state index in [1.54, 1.807) is 0 Å². The molecule has 0 unspecified atom stereocenters. The topological polar surface area (TPSA) is 69.0 Å². The third-order valence-corrected chi connectivity index (χ3v) is 7.61. The first-order valence-electron chi connectivity index (χ1n) is 11.3. The molecule has 0 saturated heterocycles. The number of aromatic nitrogens is 3. The molecule has 0 aliphatic heterocycles. The van der Waals surface area contributed by atoms with Gasteiger partial charge < -0.3 is 14.6 Å². The van der Waals surface area contributed by atoms with Gasteiger partial charge in [0.15, 0.2) is 11.0 Å². The molecule has 0 radical (unpaired) electrons. The van der Waals surface area contributed by atoms with Gasteiger partial charge in [0.25, 0.3) is 0 Å². The number of nitrogens with zero attached hydrogens (tertiary/aromatic N) is 3. The fourth-order valence-electron chi connectivity index (χ4n) is 4.01. The normalized spacial score (nSPS) is 15.4. The van der Waals surface area contributed by atoms with E-state index in [0.29, 0.717) is 6.61 Å². The molecule has 0 fully saturated rings. The van der Waals surface area contributed by atoms with E-state index in [2.05, 4.69) is 39.3 Å². The lowest BCUT2D eigenvalue weighted by molar-refractivity contribution is -0.113. The van der Waals surface area contributed by atoms with Crippen molar-refractivity contribution in [3.05, 3.63) is 40.1 Å². The van der Waals surface area contributed by atoms with Gasteiger partial charge in [0.05, 0.1) is 12.4 Å². The number of amides is 1. The standard InChI is InChI=1S/C24H30N4O2S2/c1-4-12-28-23(20-14-31-21-13-16(3)6-11-19(20)21)26-27-24(28)32-15-22(29)25-17-7-9-18(10-8-17)30-5-2/h7-10,14,16H,4-6,11-13,15H2,1-3H3,(H,25,29)/t16-/m1/s1. The van der Waals surface area contributed by atoms with Gasteiger partial charge >= 0.3 is 0 Å². The lowest BCUT2D eigenvalue weighted by Gasteiger charge is -2.19. The maximum atomic E-state index is 12.5. The van der Waals surface area contributed by atoms with Crippen LogP contribution in [-0.4, -0.2) is 33.0 Å². The van der Waals surface area contributed by atoms with Gasteiger partial charge in [-0.1, -0.05) is 25.6 Å². The van der Waals surface area contributed by atoms with Crippen molar-refractivity contribution in [2.75, 3.05) is 17.7 Å². The van der Waals surface area contributed by atoms with Crippen LogP contribution in [0.5, 0.6) is 5.75 Å². The van der Waals surface area contributed by atoms with Gasteiger partial charge in [0.2, 0.25) is 5.91 Å². The van der Waals surface area contributed by atoms with Gasteiger partial charge in [0.1, 0.15) is 5.75 Å². The Morgan fingerprint density at radius 3 is 2.84 bits per heavy atom. The van der Waals surface area contributed by atoms with Crippen molar-refractivity contribution in [2.24, 2.45) is 5.92 Å². The fraction of sp³-hybridized carbons (Fsp3) is 0.458. The minimum absolute atomic E-state index is 0.0614. The summed E-state index contributed by atoms with van der Waals surface area (Å²) in [6.07, 6.45) is 4.49. The summed E-state index contributed by atoms with van der Waals surface area (Å²) in [6, 6.07) is 7.43. The molecule has 3 aromatic rings. The highest BCUT2D eigenvalue weighted by atomic mass is 32.2. The second kappa shape index (κ2) is 10.5. The Morgan fingerprint density at radius 1 is 1.28 bits per heavy atom. The second-order valence-corrected chi connectivity index (χ2v) is 10.1. The lowest BCUT2D eigenvalue weighted by atomic mass is 9.88. The van der Waals surface area contributed by atoms with Crippen molar-refractivity contribution in [3.63, 3.8) is 0 Å². The number of nitrogens with one attached hydrogen (secondary N) is 1. The van der Waals surface area contributed by atoms with E-state index >= 15 is 0 Å². The molecule has 2 aromatic heterocycles. The Labute approximate surface area is 197 Å². The monoisotopic (exact) mass is 470 g/mol. The van der Waals surface area contributed by atoms with E-state index < -0.39 is 0 Å². The number of thioether (sulfide) groups is 1. The molecule has 8 heteroatoms. The van der Waals surface area contributed by atoms with Crippen molar-refractivity contribution in [3.8, 4) is 17.1 Å². The summed E-state index contributed by atoms with van der Waals surface area (Å²) in [5.41, 5.74) is 3.43. The molecule has 1 atom stereocenters. The van der Waals surface area contributed by atoms with Gasteiger partial charge in [-0.15, -0.1) is 21.5 Å². The summed E-state index contributed by atoms with van der Waals surface area (Å²) in [4.78, 5) is 14.0. The number of thiophene rings is 1. The van der Waals surface area contributed by atoms with Crippen molar-refractivity contribution >= 4 is 34.7 Å². The number of fused-ring (bicyclic) bond motifs is 1. The zero-order valence-corrected chi connectivity index (χ0v) is 20.5. The molecule has 1 aromatic carbocycles. The van der Waals surface area contributed by atoms with Crippen molar-refractivity contribution in [1.82, 2.24) is 14.8 Å². The zero-order valence-electron chi connectivity index (χ0n) is 18.9. The largest absolute Gasteiger partial charge is 0.494 e. The van der Waals surface area contributed by atoms with Gasteiger partial charge in [-0.05, 0) is 68.4 Å². The molecule has 1 amide bonds. The molecule has 32 heavy (non-hydrogen) atoms. The highest BCUT2D eigenvalue weighted by Crippen LogP contribution is 2.38. The molecule has 1 aliphatic rings. The highest BCUT2D eigenvalue weighted by Gasteiger charge is 2.24. The van der Waals surface area contributed by atoms with Crippen LogP contribution in [0.4, 0.5) is 5.69 Å². The molecular weight excluding hydrogens is 440 g/mol. The first kappa shape index (κ1) is 22.9. The van der Waals surface area contributed by atoms with E-state index in [1.165, 1.54) is 34.2 Å². The SMILES string of the molecule is CCCn1c(SCC(=O)Nc2ccc(OCC)cc2)nnc1-c1csc2c1CC[C@@H](C)C2. The number of carbonyl (C=O) groups is 1. The number of carbonyl (C=O) groups excluding carboxylic acids is 1. The number of hydrogen-bond donors (Lipinski definition) is 1. The number of rotatable bonds is 9. The van der Waals surface area contributed by atoms with Crippen LogP contribution in [0.15, 0.2) is 34.8 Å². The molecule has 6 nitrogen and oxygen atoms in total. The maximum absolute atomic E-state index is 12.5. The van der Waals surface area contributed by atoms with Crippen LogP contribution in [0.3, 0.4) is 0 Å². The van der Waals surface area contributed by atoms with E-state index in [4.69, 9.17) is 4.74 Å². The number of benzene rings is 1. The Bertz CT molecular complexity index is 1060. The van der Waals surface area contributed by atoms with Crippen LogP contribution in [0.1, 0.15) is 44.1 Å². The van der Waals surface area contributed by atoms with Gasteiger partial charge in [0, 0.05) is 28.1 Å². The molecule has 4 rings (SSSR count). The van der Waals surface area contributed by atoms with Gasteiger partial charge in [-0.3, -0.25) is 4.79 Å². The summed E-state index contributed by atoms with van der Waals surface area (Å²) >= 11 is 3.29. The Morgan fingerprint density at radius 2 is 2.09 bits per heavy atom. The quantitative estimate of drug-likeness (QED) is 0.408. The predicted molar refractivity (Wildman–Crippen MR) is 132 cm³/mol. The van der Waals surface area contributed by atoms with E-state index in [-0.39, 0.29) is 11.7 Å². The van der Waals surface area contributed by atoms with Gasteiger partial charge in [-0.2, -0.15) is 0 Å². The predicted octanol–water partition coefficient (Wildman–Crippen LogP) is 5.67. The summed E-state index contributed by atoms with van der Waals surface area (Å²) < 4.78 is 7.62. The number of anilines is 1. The van der Waals surface area contributed by atoms with Crippen LogP contribution in [0.25, 0.3) is 11.4 Å². The van der Waals surface area contributed by atoms with E-state index in [9.17, 15) is 4.79 Å². The maximum Gasteiger partial charge on any atom is 0.234 e. The van der Waals surface area contributed by atoms with Crippen molar-refractivity contribution < 1.29 is 9.53 Å². The third-order valence-electron chi connectivity index (χ3n) is 5.59. The summed E-state index contributed by atoms with van der Waals surface area (Å²) in [5, 5.41) is 15.0. The van der Waals surface area contributed by atoms with E-state index in [1.807, 2.05) is 42.5 Å². The highest BCUT2D eigenvalue weighted by molar-refractivity contribution is 7.99. The minimum atomic E-state index is -0.0614. The minimum Gasteiger partial charge on any atom is -0.494 e. The Kier molecular flexibility index (Phi) is 7.52. The van der Waals surface area contributed by atoms with Crippen LogP contribution < -0.4 is 10.1 Å². The molecule has 1 N–H and O–H groups in total. The second-order valence-electron chi connectivity index (χ2n) is 8.15. The Hall–Kier alpha value is -2.32. The number of hydrogen-bond acceptors (Lipinski definition) is 6. The molecule has 0 spiro atoms.